The Hall–Kier alpha value is -1.02. The number of hydrogen-bond acceptors (Lipinski definition) is 2. The Balaban J connectivity index is 1.71. The van der Waals surface area contributed by atoms with Gasteiger partial charge in [0.15, 0.2) is 0 Å². The molecule has 2 N–H and O–H groups in total. The third-order valence-electron chi connectivity index (χ3n) is 4.18. The van der Waals surface area contributed by atoms with E-state index in [-0.39, 0.29) is 0 Å². The maximum absolute atomic E-state index is 9.26. The predicted octanol–water partition coefficient (Wildman–Crippen LogP) is 4.03. The van der Waals surface area contributed by atoms with Gasteiger partial charge in [-0.15, -0.1) is 0 Å². The number of aromatic hydroxyl groups is 1. The Kier molecular flexibility index (Phi) is 5.71. The fraction of sp³-hybridized carbons (Fsp3) is 0.647. The van der Waals surface area contributed by atoms with Gasteiger partial charge in [0.2, 0.25) is 0 Å². The fourth-order valence-corrected chi connectivity index (χ4v) is 2.98. The van der Waals surface area contributed by atoms with Crippen LogP contribution in [0, 0.1) is 0 Å². The molecule has 1 aliphatic carbocycles. The van der Waals surface area contributed by atoms with E-state index in [1.54, 1.807) is 12.1 Å². The molecule has 1 unspecified atom stereocenters. The van der Waals surface area contributed by atoms with Gasteiger partial charge >= 0.3 is 0 Å². The SMILES string of the molecule is CC(CCc1ccc(O)cc1)NC1CCCCCC1. The zero-order valence-corrected chi connectivity index (χ0v) is 12.1. The predicted molar refractivity (Wildman–Crippen MR) is 80.5 cm³/mol. The van der Waals surface area contributed by atoms with Gasteiger partial charge in [-0.2, -0.15) is 0 Å². The maximum Gasteiger partial charge on any atom is 0.115 e. The van der Waals surface area contributed by atoms with Crippen molar-refractivity contribution >= 4 is 0 Å². The third kappa shape index (κ3) is 5.23. The van der Waals surface area contributed by atoms with E-state index >= 15 is 0 Å². The molecule has 0 spiro atoms. The second-order valence-corrected chi connectivity index (χ2v) is 5.96. The molecule has 2 rings (SSSR count). The first-order chi connectivity index (χ1) is 9.24. The van der Waals surface area contributed by atoms with E-state index in [1.807, 2.05) is 12.1 Å². The quantitative estimate of drug-likeness (QED) is 0.784. The molecule has 0 saturated heterocycles. The summed E-state index contributed by atoms with van der Waals surface area (Å²) in [6, 6.07) is 8.91. The number of aryl methyl sites for hydroxylation is 1. The first-order valence-corrected chi connectivity index (χ1v) is 7.78. The molecule has 1 aromatic carbocycles. The summed E-state index contributed by atoms with van der Waals surface area (Å²) in [6.07, 6.45) is 10.6. The van der Waals surface area contributed by atoms with Crippen molar-refractivity contribution in [2.24, 2.45) is 0 Å². The lowest BCUT2D eigenvalue weighted by Crippen LogP contribution is -2.36. The molecule has 0 aromatic heterocycles. The Labute approximate surface area is 117 Å². The van der Waals surface area contributed by atoms with E-state index in [0.717, 1.165) is 12.5 Å². The summed E-state index contributed by atoms with van der Waals surface area (Å²) >= 11 is 0. The first-order valence-electron chi connectivity index (χ1n) is 7.78. The maximum atomic E-state index is 9.26. The van der Waals surface area contributed by atoms with Gasteiger partial charge in [0.25, 0.3) is 0 Å². The molecular weight excluding hydrogens is 234 g/mol. The highest BCUT2D eigenvalue weighted by Crippen LogP contribution is 2.18. The molecule has 2 nitrogen and oxygen atoms in total. The third-order valence-corrected chi connectivity index (χ3v) is 4.18. The summed E-state index contributed by atoms with van der Waals surface area (Å²) in [4.78, 5) is 0. The van der Waals surface area contributed by atoms with E-state index in [0.29, 0.717) is 11.8 Å². The van der Waals surface area contributed by atoms with Gasteiger partial charge in [-0.25, -0.2) is 0 Å². The molecular formula is C17H27NO. The van der Waals surface area contributed by atoms with Crippen LogP contribution in [0.25, 0.3) is 0 Å². The van der Waals surface area contributed by atoms with Crippen LogP contribution in [0.5, 0.6) is 5.75 Å². The summed E-state index contributed by atoms with van der Waals surface area (Å²) in [5.74, 6) is 0.355. The van der Waals surface area contributed by atoms with Gasteiger partial charge in [-0.3, -0.25) is 0 Å². The van der Waals surface area contributed by atoms with Crippen LogP contribution in [-0.2, 0) is 6.42 Å². The van der Waals surface area contributed by atoms with E-state index in [2.05, 4.69) is 12.2 Å². The van der Waals surface area contributed by atoms with Gasteiger partial charge in [-0.05, 0) is 50.3 Å². The normalized spacial score (nSPS) is 19.0. The average Bonchev–Trinajstić information content (AvgIpc) is 2.67. The molecule has 0 bridgehead atoms. The second kappa shape index (κ2) is 7.54. The minimum Gasteiger partial charge on any atom is -0.508 e. The summed E-state index contributed by atoms with van der Waals surface area (Å²) in [6.45, 7) is 2.30. The molecule has 1 aromatic rings. The van der Waals surface area contributed by atoms with Crippen molar-refractivity contribution in [1.29, 1.82) is 0 Å². The molecule has 1 fully saturated rings. The van der Waals surface area contributed by atoms with Crippen molar-refractivity contribution in [3.63, 3.8) is 0 Å². The van der Waals surface area contributed by atoms with Crippen LogP contribution < -0.4 is 5.32 Å². The smallest absolute Gasteiger partial charge is 0.115 e. The van der Waals surface area contributed by atoms with Gasteiger partial charge in [0.05, 0.1) is 0 Å². The summed E-state index contributed by atoms with van der Waals surface area (Å²) in [5.41, 5.74) is 1.31. The van der Waals surface area contributed by atoms with Gasteiger partial charge in [0, 0.05) is 12.1 Å². The molecule has 106 valence electrons. The molecule has 2 heteroatoms. The zero-order valence-electron chi connectivity index (χ0n) is 12.1. The number of phenols is 1. The van der Waals surface area contributed by atoms with E-state index < -0.39 is 0 Å². The van der Waals surface area contributed by atoms with Crippen LogP contribution in [-0.4, -0.2) is 17.2 Å². The lowest BCUT2D eigenvalue weighted by Gasteiger charge is -2.22. The van der Waals surface area contributed by atoms with Gasteiger partial charge in [0.1, 0.15) is 5.75 Å². The summed E-state index contributed by atoms with van der Waals surface area (Å²) in [5, 5.41) is 13.1. The minimum absolute atomic E-state index is 0.355. The molecule has 0 radical (unpaired) electrons. The standard InChI is InChI=1S/C17H27NO/c1-14(18-16-6-4-2-3-5-7-16)8-9-15-10-12-17(19)13-11-15/h10-14,16,18-19H,2-9H2,1H3. The van der Waals surface area contributed by atoms with Crippen LogP contribution in [0.15, 0.2) is 24.3 Å². The van der Waals surface area contributed by atoms with Crippen molar-refractivity contribution in [2.75, 3.05) is 0 Å². The van der Waals surface area contributed by atoms with Crippen molar-refractivity contribution in [3.8, 4) is 5.75 Å². The second-order valence-electron chi connectivity index (χ2n) is 5.96. The molecule has 1 saturated carbocycles. The molecule has 0 heterocycles. The zero-order chi connectivity index (χ0) is 13.5. The highest BCUT2D eigenvalue weighted by Gasteiger charge is 2.14. The van der Waals surface area contributed by atoms with Crippen molar-refractivity contribution in [1.82, 2.24) is 5.32 Å². The Morgan fingerprint density at radius 2 is 1.74 bits per heavy atom. The van der Waals surface area contributed by atoms with Crippen LogP contribution in [0.1, 0.15) is 57.4 Å². The average molecular weight is 261 g/mol. The van der Waals surface area contributed by atoms with Crippen LogP contribution in [0.4, 0.5) is 0 Å². The summed E-state index contributed by atoms with van der Waals surface area (Å²) < 4.78 is 0. The number of rotatable bonds is 5. The van der Waals surface area contributed by atoms with E-state index in [4.69, 9.17) is 0 Å². The number of benzene rings is 1. The number of hydrogen-bond donors (Lipinski definition) is 2. The van der Waals surface area contributed by atoms with E-state index in [9.17, 15) is 5.11 Å². The lowest BCUT2D eigenvalue weighted by molar-refractivity contribution is 0.394. The summed E-state index contributed by atoms with van der Waals surface area (Å²) in [7, 11) is 0. The lowest BCUT2D eigenvalue weighted by atomic mass is 10.0. The van der Waals surface area contributed by atoms with Crippen LogP contribution in [0.2, 0.25) is 0 Å². The Morgan fingerprint density at radius 1 is 1.11 bits per heavy atom. The van der Waals surface area contributed by atoms with Crippen LogP contribution in [0.3, 0.4) is 0 Å². The van der Waals surface area contributed by atoms with Gasteiger partial charge in [-0.1, -0.05) is 37.8 Å². The minimum atomic E-state index is 0.355. The van der Waals surface area contributed by atoms with Crippen molar-refractivity contribution in [3.05, 3.63) is 29.8 Å². The van der Waals surface area contributed by atoms with Crippen molar-refractivity contribution < 1.29 is 5.11 Å². The first kappa shape index (κ1) is 14.4. The largest absolute Gasteiger partial charge is 0.508 e. The van der Waals surface area contributed by atoms with E-state index in [1.165, 1.54) is 50.5 Å². The fourth-order valence-electron chi connectivity index (χ4n) is 2.98. The molecule has 19 heavy (non-hydrogen) atoms. The Morgan fingerprint density at radius 3 is 2.37 bits per heavy atom. The topological polar surface area (TPSA) is 32.3 Å². The molecule has 0 aliphatic heterocycles. The number of phenolic OH excluding ortho intramolecular Hbond substituents is 1. The number of nitrogens with one attached hydrogen (secondary N) is 1. The van der Waals surface area contributed by atoms with Gasteiger partial charge < -0.3 is 10.4 Å². The van der Waals surface area contributed by atoms with Crippen LogP contribution >= 0.6 is 0 Å². The molecule has 1 atom stereocenters. The Bertz CT molecular complexity index is 352. The molecule has 0 amide bonds. The highest BCUT2D eigenvalue weighted by molar-refractivity contribution is 5.25. The highest BCUT2D eigenvalue weighted by atomic mass is 16.3. The monoisotopic (exact) mass is 261 g/mol. The molecule has 1 aliphatic rings. The van der Waals surface area contributed by atoms with Crippen molar-refractivity contribution in [2.45, 2.75) is 70.4 Å².